The van der Waals surface area contributed by atoms with E-state index < -0.39 is 57.2 Å². The number of sulfonamides is 2. The summed E-state index contributed by atoms with van der Waals surface area (Å²) in [6.45, 7) is 33.4. The number of halogens is 3. The monoisotopic (exact) mass is 1400 g/mol. The highest BCUT2D eigenvalue weighted by atomic mass is 79.9. The summed E-state index contributed by atoms with van der Waals surface area (Å²) in [4.78, 5) is 24.5. The molecule has 0 radical (unpaired) electrons. The highest BCUT2D eigenvalue weighted by Gasteiger charge is 2.39. The minimum Gasteiger partial charge on any atom is -0.488 e. The fourth-order valence-electron chi connectivity index (χ4n) is 9.18. The molecule has 0 bridgehead atoms. The lowest BCUT2D eigenvalue weighted by Crippen LogP contribution is -2.43. The maximum Gasteiger partial charge on any atom is 0.321 e. The van der Waals surface area contributed by atoms with E-state index in [2.05, 4.69) is 127 Å². The number of alkyl halides is 1. The first-order valence-electron chi connectivity index (χ1n) is 28.2. The lowest BCUT2D eigenvalue weighted by atomic mass is 9.94. The van der Waals surface area contributed by atoms with Crippen LogP contribution in [0.2, 0.25) is 0 Å². The number of ether oxygens (including phenoxy) is 4. The molecule has 1 N–H and O–H groups in total. The molecular formula is C61H92Br3N6O10PS2. The number of hydrogen-bond acceptors (Lipinski definition) is 11. The van der Waals surface area contributed by atoms with Crippen LogP contribution in [0.3, 0.4) is 0 Å². The molecule has 464 valence electrons. The largest absolute Gasteiger partial charge is 0.488 e. The van der Waals surface area contributed by atoms with Gasteiger partial charge in [-0.2, -0.15) is 9.03 Å². The highest BCUT2D eigenvalue weighted by molar-refractivity contribution is 9.10. The van der Waals surface area contributed by atoms with E-state index in [1.54, 1.807) is 71.9 Å². The average molecular weight is 1400 g/mol. The van der Waals surface area contributed by atoms with Crippen LogP contribution in [-0.4, -0.2) is 128 Å². The molecular weight excluding hydrogens is 1310 g/mol. The van der Waals surface area contributed by atoms with Crippen molar-refractivity contribution in [2.45, 2.75) is 186 Å². The van der Waals surface area contributed by atoms with Crippen molar-refractivity contribution in [2.24, 2.45) is 4.74 Å². The lowest BCUT2D eigenvalue weighted by Gasteiger charge is -2.50. The Balaban J connectivity index is 0.000000256. The molecule has 1 fully saturated rings. The minimum atomic E-state index is -3.96. The van der Waals surface area contributed by atoms with Crippen molar-refractivity contribution in [3.05, 3.63) is 116 Å². The number of esters is 2. The van der Waals surface area contributed by atoms with E-state index in [1.807, 2.05) is 64.1 Å². The number of nitrogens with one attached hydrogen (secondary N) is 1. The number of hydrogen-bond donors (Lipinski definition) is 1. The lowest BCUT2D eigenvalue weighted by molar-refractivity contribution is -0.155. The third-order valence-electron chi connectivity index (χ3n) is 13.1. The van der Waals surface area contributed by atoms with Gasteiger partial charge < -0.3 is 18.9 Å². The van der Waals surface area contributed by atoms with Gasteiger partial charge in [0.25, 0.3) is 0 Å². The molecule has 0 spiro atoms. The van der Waals surface area contributed by atoms with Gasteiger partial charge in [-0.05, 0) is 219 Å². The van der Waals surface area contributed by atoms with E-state index in [4.69, 9.17) is 23.7 Å². The van der Waals surface area contributed by atoms with Crippen molar-refractivity contribution in [1.82, 2.24) is 23.0 Å². The predicted octanol–water partition coefficient (Wildman–Crippen LogP) is 14.2. The number of nitrogens with zero attached hydrogens (tertiary/aromatic N) is 5. The van der Waals surface area contributed by atoms with Gasteiger partial charge in [0, 0.05) is 47.0 Å². The fraction of sp³-hybridized carbons (Fsp3) is 0.574. The van der Waals surface area contributed by atoms with Crippen LogP contribution in [-0.2, 0) is 63.8 Å². The van der Waals surface area contributed by atoms with Gasteiger partial charge in [0.05, 0.1) is 15.3 Å². The molecule has 4 aromatic carbocycles. The Morgan fingerprint density at radius 1 is 0.675 bits per heavy atom. The molecule has 4 aromatic rings. The van der Waals surface area contributed by atoms with Crippen LogP contribution < -0.4 is 14.2 Å². The summed E-state index contributed by atoms with van der Waals surface area (Å²) >= 11 is 10.1. The fourth-order valence-corrected chi connectivity index (χ4v) is 16.7. The van der Waals surface area contributed by atoms with Gasteiger partial charge in [0.1, 0.15) is 47.0 Å². The van der Waals surface area contributed by atoms with E-state index in [9.17, 15) is 26.4 Å². The van der Waals surface area contributed by atoms with E-state index in [0.717, 1.165) is 82.8 Å². The molecule has 0 aliphatic carbocycles. The Hall–Kier alpha value is -3.21. The summed E-state index contributed by atoms with van der Waals surface area (Å²) in [5.74, 6) is 0.194. The summed E-state index contributed by atoms with van der Waals surface area (Å²) in [5.41, 5.74) is 1.90. The molecule has 0 aromatic heterocycles. The van der Waals surface area contributed by atoms with Crippen molar-refractivity contribution in [3.63, 3.8) is 0 Å². The Morgan fingerprint density at radius 2 is 1.11 bits per heavy atom. The molecule has 83 heavy (non-hydrogen) atoms. The highest BCUT2D eigenvalue weighted by Crippen LogP contribution is 2.61. The molecule has 0 amide bonds. The van der Waals surface area contributed by atoms with Crippen LogP contribution in [0.4, 0.5) is 0 Å². The van der Waals surface area contributed by atoms with Gasteiger partial charge in [-0.3, -0.25) is 14.3 Å². The molecule has 3 heterocycles. The maximum absolute atomic E-state index is 13.6. The third kappa shape index (κ3) is 22.8. The van der Waals surface area contributed by atoms with E-state index in [1.165, 1.54) is 22.4 Å². The number of aryl methyl sites for hydroxylation is 2. The molecule has 3 aliphatic heterocycles. The van der Waals surface area contributed by atoms with Crippen LogP contribution in [0.1, 0.15) is 145 Å². The van der Waals surface area contributed by atoms with Crippen molar-refractivity contribution < 1.29 is 45.4 Å². The first-order valence-corrected chi connectivity index (χ1v) is 35.4. The maximum atomic E-state index is 13.6. The molecule has 7 rings (SSSR count). The zero-order valence-electron chi connectivity index (χ0n) is 52.0. The zero-order chi connectivity index (χ0) is 62.6. The van der Waals surface area contributed by atoms with E-state index >= 15 is 0 Å². The number of carbonyl (C=O) groups excluding carboxylic acids is 2. The standard InChI is InChI=1S/C24H30BrNO5S.C17H25NO5S.C13H31N4P.C7H6Br2/c1-23(2,3)31-22(27)16-26(15-17-6-8-19(25)9-7-17)32(28,29)20-10-11-21-18(14-20)12-13-24(4,5)30-21;1-16(2,3)23-15(19)11-18-24(20,21)13-6-7-14-12(10-13)8-9-17(4,5)22-14;1-8-17(9-2)18(14-13(3,4)5)15(6)11-10-12-16(18)7;8-5-6-1-3-7(9)4-2-6/h6-11,14H,12-13,15-16H2,1-5H3;6-7,10,18H,8-9,11H2,1-5H3;8-12H2,1-7H3;1-4H,5H2. The number of rotatable bonds is 14. The van der Waals surface area contributed by atoms with Crippen molar-refractivity contribution in [1.29, 1.82) is 0 Å². The number of fused-ring (bicyclic) bond motifs is 2. The third-order valence-corrected chi connectivity index (χ3v) is 22.4. The normalized spacial score (nSPS) is 16.8. The van der Waals surface area contributed by atoms with Gasteiger partial charge in [-0.25, -0.2) is 30.8 Å². The van der Waals surface area contributed by atoms with Crippen LogP contribution in [0.15, 0.2) is 108 Å². The van der Waals surface area contributed by atoms with Crippen molar-refractivity contribution in [3.8, 4) is 11.5 Å². The molecule has 22 heteroatoms. The molecule has 16 nitrogen and oxygen atoms in total. The van der Waals surface area contributed by atoms with Gasteiger partial charge in [0.2, 0.25) is 20.0 Å². The van der Waals surface area contributed by atoms with Gasteiger partial charge in [-0.1, -0.05) is 85.9 Å². The summed E-state index contributed by atoms with van der Waals surface area (Å²) in [6, 6.07) is 25.2. The number of benzene rings is 4. The van der Waals surface area contributed by atoms with Gasteiger partial charge >= 0.3 is 11.9 Å². The summed E-state index contributed by atoms with van der Waals surface area (Å²) in [7, 11) is -4.92. The topological polar surface area (TPSA) is 177 Å². The molecule has 3 aliphatic rings. The predicted molar refractivity (Wildman–Crippen MR) is 346 cm³/mol. The molecule has 0 saturated carbocycles. The van der Waals surface area contributed by atoms with Crippen LogP contribution in [0.5, 0.6) is 11.5 Å². The Bertz CT molecular complexity index is 3070. The SMILES string of the molecule is BrCc1ccc(Br)cc1.CC(C)(C)OC(=O)CN(Cc1ccc(Br)cc1)S(=O)(=O)c1ccc2c(c1)CCC(C)(C)O2.CC(C)(C)OC(=O)CNS(=O)(=O)c1ccc2c(c1)CCC(C)(C)O2.CCN(CC)P1(=NC(C)(C)C)N(C)CCCN1C. The molecule has 0 unspecified atom stereocenters. The zero-order valence-corrected chi connectivity index (χ0v) is 59.3. The second-order valence-electron chi connectivity index (χ2n) is 25.0. The second-order valence-corrected chi connectivity index (χ2v) is 34.3. The Kier molecular flexibility index (Phi) is 26.2. The minimum absolute atomic E-state index is 0.0101. The van der Waals surface area contributed by atoms with Gasteiger partial charge in [-0.15, -0.1) is 0 Å². The summed E-state index contributed by atoms with van der Waals surface area (Å²) < 4.78 is 92.6. The summed E-state index contributed by atoms with van der Waals surface area (Å²) in [6.07, 6.45) is 4.33. The van der Waals surface area contributed by atoms with Crippen LogP contribution in [0, 0.1) is 0 Å². The Labute approximate surface area is 523 Å². The van der Waals surface area contributed by atoms with E-state index in [0.29, 0.717) is 11.5 Å². The van der Waals surface area contributed by atoms with Gasteiger partial charge in [0.15, 0.2) is 7.51 Å². The average Bonchev–Trinajstić information content (AvgIpc) is 2.75. The Morgan fingerprint density at radius 3 is 1.54 bits per heavy atom. The first kappa shape index (κ1) is 72.3. The molecule has 0 atom stereocenters. The van der Waals surface area contributed by atoms with E-state index in [-0.39, 0.29) is 39.6 Å². The van der Waals surface area contributed by atoms with Crippen LogP contribution >= 0.6 is 55.3 Å². The second kappa shape index (κ2) is 30.1. The molecule has 1 saturated heterocycles. The smallest absolute Gasteiger partial charge is 0.321 e. The number of carbonyl (C=O) groups is 2. The quantitative estimate of drug-likeness (QED) is 0.0717. The summed E-state index contributed by atoms with van der Waals surface area (Å²) in [5, 5.41) is 0.931. The van der Waals surface area contributed by atoms with Crippen molar-refractivity contribution in [2.75, 3.05) is 53.4 Å². The van der Waals surface area contributed by atoms with Crippen LogP contribution in [0.25, 0.3) is 0 Å². The first-order chi connectivity index (χ1) is 38.2. The van der Waals surface area contributed by atoms with Crippen molar-refractivity contribution >= 4 is 87.3 Å².